The molecular weight excluding hydrogens is 583 g/mol. The minimum absolute atomic E-state index is 0.252. The zero-order valence-electron chi connectivity index (χ0n) is 24.3. The molecule has 1 aliphatic heterocycles. The molecule has 1 fully saturated rings. The van der Waals surface area contributed by atoms with Gasteiger partial charge in [0.05, 0.1) is 22.3 Å². The van der Waals surface area contributed by atoms with Gasteiger partial charge in [-0.2, -0.15) is 0 Å². The summed E-state index contributed by atoms with van der Waals surface area (Å²) in [7, 11) is 0. The largest absolute Gasteiger partial charge is 0.491 e. The van der Waals surface area contributed by atoms with Crippen molar-refractivity contribution in [2.75, 3.05) is 23.8 Å². The van der Waals surface area contributed by atoms with E-state index in [4.69, 9.17) is 25.0 Å². The van der Waals surface area contributed by atoms with Crippen molar-refractivity contribution in [1.82, 2.24) is 4.90 Å². The maximum atomic E-state index is 13.1. The summed E-state index contributed by atoms with van der Waals surface area (Å²) in [6, 6.07) is 22.3. The topological polar surface area (TPSA) is 120 Å². The Balaban J connectivity index is 1.21. The van der Waals surface area contributed by atoms with Crippen molar-refractivity contribution in [3.8, 4) is 11.5 Å². The van der Waals surface area contributed by atoms with E-state index in [1.807, 2.05) is 104 Å². The van der Waals surface area contributed by atoms with Crippen molar-refractivity contribution in [2.45, 2.75) is 44.9 Å². The molecule has 1 aliphatic rings. The average molecular weight is 618 g/mol. The maximum Gasteiger partial charge on any atom is 0.410 e. The van der Waals surface area contributed by atoms with E-state index < -0.39 is 11.7 Å². The summed E-state index contributed by atoms with van der Waals surface area (Å²) in [6.45, 7) is 6.18. The molecule has 0 radical (unpaired) electrons. The number of anilines is 2. The van der Waals surface area contributed by atoms with E-state index in [-0.39, 0.29) is 18.8 Å². The molecule has 5 rings (SSSR count). The van der Waals surface area contributed by atoms with Crippen molar-refractivity contribution in [3.63, 3.8) is 0 Å². The van der Waals surface area contributed by atoms with Gasteiger partial charge in [-0.05, 0) is 80.1 Å². The molecule has 9 nitrogen and oxygen atoms in total. The standard InChI is InChI=1S/C32H35N5O4S2/c1-32(2,3)41-31(38)37-19-26(40-25-8-4-7-22(17-25)36-30(34)28-10-6-16-43-28)18-23(37)20-39-24-13-11-21(12-14-24)35-29(33)27-9-5-15-42-27/h4-17,23,26H,18-20H2,1-3H3,(H2,33,35)(H2,34,36)/t23-,26+/m0/s1. The lowest BCUT2D eigenvalue weighted by Gasteiger charge is -2.28. The molecule has 3 heterocycles. The van der Waals surface area contributed by atoms with Gasteiger partial charge < -0.3 is 24.8 Å². The number of hydrogen-bond acceptors (Lipinski definition) is 8. The third-order valence-corrected chi connectivity index (χ3v) is 8.29. The number of amides is 1. The highest BCUT2D eigenvalue weighted by Gasteiger charge is 2.39. The second kappa shape index (κ2) is 13.3. The molecular formula is C32H35N5O4S2. The number of nitrogens with zero attached hydrogens (tertiary/aromatic N) is 1. The van der Waals surface area contributed by atoms with E-state index in [2.05, 4.69) is 10.6 Å². The number of nitrogens with one attached hydrogen (secondary N) is 4. The van der Waals surface area contributed by atoms with Crippen LogP contribution in [0.2, 0.25) is 0 Å². The summed E-state index contributed by atoms with van der Waals surface area (Å²) >= 11 is 3.01. The number of likely N-dealkylation sites (tertiary alicyclic amines) is 1. The van der Waals surface area contributed by atoms with Crippen LogP contribution in [0.1, 0.15) is 36.9 Å². The van der Waals surface area contributed by atoms with Crippen LogP contribution in [-0.2, 0) is 4.74 Å². The predicted octanol–water partition coefficient (Wildman–Crippen LogP) is 7.52. The molecule has 2 aromatic carbocycles. The summed E-state index contributed by atoms with van der Waals surface area (Å²) in [6.07, 6.45) is -0.0962. The SMILES string of the molecule is CC(C)(C)OC(=O)N1C[C@H](Oc2cccc(NC(=N)c3cccs3)c2)C[C@H]1COc1ccc(NC(=N)c2cccs2)cc1. The van der Waals surface area contributed by atoms with E-state index in [0.29, 0.717) is 36.1 Å². The highest BCUT2D eigenvalue weighted by molar-refractivity contribution is 7.12. The first-order valence-electron chi connectivity index (χ1n) is 13.9. The average Bonchev–Trinajstić information content (AvgIpc) is 3.75. The summed E-state index contributed by atoms with van der Waals surface area (Å²) in [5, 5.41) is 26.6. The van der Waals surface area contributed by atoms with Gasteiger partial charge in [-0.15, -0.1) is 22.7 Å². The number of hydrogen-bond donors (Lipinski definition) is 4. The van der Waals surface area contributed by atoms with Crippen LogP contribution in [0.3, 0.4) is 0 Å². The number of thiophene rings is 2. The smallest absolute Gasteiger partial charge is 0.410 e. The number of ether oxygens (including phenoxy) is 3. The normalized spacial score (nSPS) is 16.4. The number of rotatable bonds is 9. The third-order valence-electron chi connectivity index (χ3n) is 6.51. The molecule has 0 bridgehead atoms. The van der Waals surface area contributed by atoms with Gasteiger partial charge in [0.25, 0.3) is 0 Å². The molecule has 43 heavy (non-hydrogen) atoms. The quantitative estimate of drug-likeness (QED) is 0.114. The second-order valence-corrected chi connectivity index (χ2v) is 13.0. The number of benzene rings is 2. The van der Waals surface area contributed by atoms with E-state index in [9.17, 15) is 4.79 Å². The number of carbonyl (C=O) groups is 1. The molecule has 0 spiro atoms. The number of carbonyl (C=O) groups excluding carboxylic acids is 1. The van der Waals surface area contributed by atoms with Gasteiger partial charge in [0.15, 0.2) is 0 Å². The van der Waals surface area contributed by atoms with Crippen LogP contribution < -0.4 is 20.1 Å². The Morgan fingerprint density at radius 3 is 2.14 bits per heavy atom. The first-order chi connectivity index (χ1) is 20.6. The summed E-state index contributed by atoms with van der Waals surface area (Å²) in [4.78, 5) is 16.5. The van der Waals surface area contributed by atoms with Crippen LogP contribution in [0.25, 0.3) is 0 Å². The highest BCUT2D eigenvalue weighted by Crippen LogP contribution is 2.28. The van der Waals surface area contributed by atoms with Gasteiger partial charge in [0.2, 0.25) is 0 Å². The zero-order valence-corrected chi connectivity index (χ0v) is 25.9. The third kappa shape index (κ3) is 8.36. The van der Waals surface area contributed by atoms with Gasteiger partial charge in [0.1, 0.15) is 41.5 Å². The molecule has 4 N–H and O–H groups in total. The van der Waals surface area contributed by atoms with Crippen LogP contribution in [0.4, 0.5) is 16.2 Å². The van der Waals surface area contributed by atoms with E-state index >= 15 is 0 Å². The molecule has 0 unspecified atom stereocenters. The van der Waals surface area contributed by atoms with Crippen LogP contribution in [0.5, 0.6) is 11.5 Å². The molecule has 1 amide bonds. The van der Waals surface area contributed by atoms with Crippen molar-refractivity contribution in [1.29, 1.82) is 10.8 Å². The van der Waals surface area contributed by atoms with Crippen LogP contribution in [0, 0.1) is 10.8 Å². The van der Waals surface area contributed by atoms with Gasteiger partial charge in [-0.25, -0.2) is 4.79 Å². The van der Waals surface area contributed by atoms with E-state index in [0.717, 1.165) is 21.1 Å². The fraction of sp³-hybridized carbons (Fsp3) is 0.281. The first kappa shape index (κ1) is 30.1. The molecule has 0 aliphatic carbocycles. The van der Waals surface area contributed by atoms with Crippen molar-refractivity contribution >= 4 is 51.8 Å². The van der Waals surface area contributed by atoms with E-state index in [1.165, 1.54) is 22.7 Å². The fourth-order valence-electron chi connectivity index (χ4n) is 4.58. The van der Waals surface area contributed by atoms with Crippen LogP contribution in [0.15, 0.2) is 83.6 Å². The molecule has 11 heteroatoms. The lowest BCUT2D eigenvalue weighted by atomic mass is 10.2. The van der Waals surface area contributed by atoms with Crippen molar-refractivity contribution < 1.29 is 19.0 Å². The lowest BCUT2D eigenvalue weighted by molar-refractivity contribution is 0.0176. The monoisotopic (exact) mass is 617 g/mol. The highest BCUT2D eigenvalue weighted by atomic mass is 32.1. The predicted molar refractivity (Wildman–Crippen MR) is 174 cm³/mol. The first-order valence-corrected chi connectivity index (χ1v) is 15.7. The maximum absolute atomic E-state index is 13.1. The second-order valence-electron chi connectivity index (χ2n) is 11.1. The Morgan fingerprint density at radius 1 is 0.884 bits per heavy atom. The van der Waals surface area contributed by atoms with Crippen molar-refractivity contribution in [2.24, 2.45) is 0 Å². The van der Waals surface area contributed by atoms with Crippen LogP contribution in [-0.4, -0.2) is 53.6 Å². The van der Waals surface area contributed by atoms with Gasteiger partial charge >= 0.3 is 6.09 Å². The minimum atomic E-state index is -0.631. The molecule has 0 saturated carbocycles. The van der Waals surface area contributed by atoms with Gasteiger partial charge in [-0.3, -0.25) is 15.7 Å². The Hall–Kier alpha value is -4.35. The molecule has 4 aromatic rings. The summed E-state index contributed by atoms with van der Waals surface area (Å²) in [5.74, 6) is 1.98. The zero-order chi connectivity index (χ0) is 30.4. The van der Waals surface area contributed by atoms with Gasteiger partial charge in [0, 0.05) is 23.9 Å². The molecule has 1 saturated heterocycles. The molecule has 224 valence electrons. The Morgan fingerprint density at radius 2 is 1.53 bits per heavy atom. The lowest BCUT2D eigenvalue weighted by Crippen LogP contribution is -2.42. The number of amidine groups is 2. The summed E-state index contributed by atoms with van der Waals surface area (Å²) < 4.78 is 18.1. The van der Waals surface area contributed by atoms with E-state index in [1.54, 1.807) is 4.90 Å². The van der Waals surface area contributed by atoms with Crippen molar-refractivity contribution in [3.05, 3.63) is 93.3 Å². The molecule has 2 aromatic heterocycles. The minimum Gasteiger partial charge on any atom is -0.491 e. The van der Waals surface area contributed by atoms with Gasteiger partial charge in [-0.1, -0.05) is 18.2 Å². The van der Waals surface area contributed by atoms with Crippen LogP contribution >= 0.6 is 22.7 Å². The fourth-order valence-corrected chi connectivity index (χ4v) is 5.84. The Labute approximate surface area is 259 Å². The summed E-state index contributed by atoms with van der Waals surface area (Å²) in [5.41, 5.74) is 0.910. The Bertz CT molecular complexity index is 1530. The Kier molecular flexibility index (Phi) is 9.32. The molecule has 2 atom stereocenters.